The molecule has 0 aromatic heterocycles. The molecule has 2 aromatic carbocycles. The SMILES string of the molecule is CN(Cc1ccccc1)C(=O)Cc1cc(Cl)c2c(c1)OCCO2. The number of carbonyl (C=O) groups excluding carboxylic acids is 1. The number of benzene rings is 2. The molecule has 0 bridgehead atoms. The zero-order valence-corrected chi connectivity index (χ0v) is 13.7. The summed E-state index contributed by atoms with van der Waals surface area (Å²) in [5.74, 6) is 1.20. The maximum Gasteiger partial charge on any atom is 0.227 e. The lowest BCUT2D eigenvalue weighted by molar-refractivity contribution is -0.129. The van der Waals surface area contributed by atoms with Crippen molar-refractivity contribution in [2.45, 2.75) is 13.0 Å². The second kappa shape index (κ2) is 6.92. The average molecular weight is 332 g/mol. The van der Waals surface area contributed by atoms with Crippen molar-refractivity contribution in [1.29, 1.82) is 0 Å². The first kappa shape index (κ1) is 15.7. The van der Waals surface area contributed by atoms with Gasteiger partial charge in [-0.1, -0.05) is 41.9 Å². The number of rotatable bonds is 4. The van der Waals surface area contributed by atoms with E-state index in [1.54, 1.807) is 18.0 Å². The maximum absolute atomic E-state index is 12.4. The van der Waals surface area contributed by atoms with E-state index in [1.807, 2.05) is 36.4 Å². The number of ether oxygens (including phenoxy) is 2. The Morgan fingerprint density at radius 1 is 1.13 bits per heavy atom. The van der Waals surface area contributed by atoms with Crippen LogP contribution < -0.4 is 9.47 Å². The third-order valence-corrected chi connectivity index (χ3v) is 3.98. The summed E-state index contributed by atoms with van der Waals surface area (Å²) in [7, 11) is 1.80. The van der Waals surface area contributed by atoms with E-state index in [0.717, 1.165) is 11.1 Å². The lowest BCUT2D eigenvalue weighted by Crippen LogP contribution is -2.27. The summed E-state index contributed by atoms with van der Waals surface area (Å²) in [6, 6.07) is 13.5. The molecule has 120 valence electrons. The van der Waals surface area contributed by atoms with Gasteiger partial charge in [-0.25, -0.2) is 0 Å². The van der Waals surface area contributed by atoms with Crippen molar-refractivity contribution in [1.82, 2.24) is 4.90 Å². The van der Waals surface area contributed by atoms with Gasteiger partial charge >= 0.3 is 0 Å². The van der Waals surface area contributed by atoms with Gasteiger partial charge in [0.05, 0.1) is 11.4 Å². The van der Waals surface area contributed by atoms with Crippen LogP contribution in [0.2, 0.25) is 5.02 Å². The van der Waals surface area contributed by atoms with Gasteiger partial charge in [0.1, 0.15) is 13.2 Å². The molecule has 0 radical (unpaired) electrons. The van der Waals surface area contributed by atoms with Crippen LogP contribution in [-0.2, 0) is 17.8 Å². The zero-order chi connectivity index (χ0) is 16.2. The standard InChI is InChI=1S/C18H18ClNO3/c1-20(12-13-5-3-2-4-6-13)17(21)11-14-9-15(19)18-16(10-14)22-7-8-23-18/h2-6,9-10H,7-8,11-12H2,1H3. The highest BCUT2D eigenvalue weighted by Gasteiger charge is 2.18. The molecule has 1 heterocycles. The summed E-state index contributed by atoms with van der Waals surface area (Å²) in [6.45, 7) is 1.57. The minimum Gasteiger partial charge on any atom is -0.486 e. The van der Waals surface area contributed by atoms with Crippen molar-refractivity contribution in [3.63, 3.8) is 0 Å². The van der Waals surface area contributed by atoms with Gasteiger partial charge in [-0.15, -0.1) is 0 Å². The molecule has 4 nitrogen and oxygen atoms in total. The van der Waals surface area contributed by atoms with E-state index in [0.29, 0.717) is 36.3 Å². The fourth-order valence-corrected chi connectivity index (χ4v) is 2.81. The Morgan fingerprint density at radius 3 is 2.65 bits per heavy atom. The van der Waals surface area contributed by atoms with Crippen molar-refractivity contribution in [3.05, 3.63) is 58.6 Å². The van der Waals surface area contributed by atoms with Crippen LogP contribution in [0.3, 0.4) is 0 Å². The van der Waals surface area contributed by atoms with Crippen LogP contribution in [0.5, 0.6) is 11.5 Å². The molecule has 0 fully saturated rings. The van der Waals surface area contributed by atoms with Crippen molar-refractivity contribution in [3.8, 4) is 11.5 Å². The zero-order valence-electron chi connectivity index (χ0n) is 12.9. The monoisotopic (exact) mass is 331 g/mol. The van der Waals surface area contributed by atoms with Gasteiger partial charge in [0.25, 0.3) is 0 Å². The van der Waals surface area contributed by atoms with Crippen LogP contribution in [0.1, 0.15) is 11.1 Å². The summed E-state index contributed by atoms with van der Waals surface area (Å²) in [4.78, 5) is 14.1. The normalized spacial score (nSPS) is 12.8. The van der Waals surface area contributed by atoms with E-state index >= 15 is 0 Å². The number of nitrogens with zero attached hydrogens (tertiary/aromatic N) is 1. The molecule has 2 aromatic rings. The van der Waals surface area contributed by atoms with E-state index in [2.05, 4.69) is 0 Å². The van der Waals surface area contributed by atoms with Crippen LogP contribution in [0.15, 0.2) is 42.5 Å². The van der Waals surface area contributed by atoms with E-state index in [4.69, 9.17) is 21.1 Å². The highest BCUT2D eigenvalue weighted by Crippen LogP contribution is 2.38. The second-order valence-electron chi connectivity index (χ2n) is 5.51. The summed E-state index contributed by atoms with van der Waals surface area (Å²) in [5, 5.41) is 0.482. The Morgan fingerprint density at radius 2 is 1.87 bits per heavy atom. The number of hydrogen-bond donors (Lipinski definition) is 0. The van der Waals surface area contributed by atoms with Crippen LogP contribution >= 0.6 is 11.6 Å². The first-order valence-corrected chi connectivity index (χ1v) is 7.87. The van der Waals surface area contributed by atoms with Gasteiger partial charge in [0, 0.05) is 13.6 Å². The molecular weight excluding hydrogens is 314 g/mol. The number of likely N-dealkylation sites (N-methyl/N-ethyl adjacent to an activating group) is 1. The molecule has 0 aliphatic carbocycles. The Labute approximate surface area is 140 Å². The van der Waals surface area contributed by atoms with Crippen LogP contribution in [0.25, 0.3) is 0 Å². The maximum atomic E-state index is 12.4. The van der Waals surface area contributed by atoms with E-state index in [9.17, 15) is 4.79 Å². The molecule has 0 unspecified atom stereocenters. The molecule has 0 atom stereocenters. The van der Waals surface area contributed by atoms with Crippen LogP contribution in [0.4, 0.5) is 0 Å². The molecule has 23 heavy (non-hydrogen) atoms. The summed E-state index contributed by atoms with van der Waals surface area (Å²) in [5.41, 5.74) is 1.92. The quantitative estimate of drug-likeness (QED) is 0.862. The van der Waals surface area contributed by atoms with E-state index < -0.39 is 0 Å². The lowest BCUT2D eigenvalue weighted by atomic mass is 10.1. The predicted molar refractivity (Wildman–Crippen MR) is 89.1 cm³/mol. The largest absolute Gasteiger partial charge is 0.486 e. The van der Waals surface area contributed by atoms with Crippen LogP contribution in [0, 0.1) is 0 Å². The molecule has 0 saturated carbocycles. The topological polar surface area (TPSA) is 38.8 Å². The van der Waals surface area contributed by atoms with Crippen molar-refractivity contribution in [2.75, 3.05) is 20.3 Å². The molecule has 1 aliphatic rings. The molecule has 5 heteroatoms. The molecule has 1 aliphatic heterocycles. The number of halogens is 1. The molecule has 1 amide bonds. The third kappa shape index (κ3) is 3.77. The second-order valence-corrected chi connectivity index (χ2v) is 5.92. The third-order valence-electron chi connectivity index (χ3n) is 3.70. The number of fused-ring (bicyclic) bond motifs is 1. The lowest BCUT2D eigenvalue weighted by Gasteiger charge is -2.21. The van der Waals surface area contributed by atoms with Crippen molar-refractivity contribution >= 4 is 17.5 Å². The average Bonchev–Trinajstić information content (AvgIpc) is 2.56. The fourth-order valence-electron chi connectivity index (χ4n) is 2.52. The molecule has 0 N–H and O–H groups in total. The number of hydrogen-bond acceptors (Lipinski definition) is 3. The highest BCUT2D eigenvalue weighted by atomic mass is 35.5. The van der Waals surface area contributed by atoms with Gasteiger partial charge in [-0.2, -0.15) is 0 Å². The Bertz CT molecular complexity index is 703. The Hall–Kier alpha value is -2.20. The first-order chi connectivity index (χ1) is 11.1. The van der Waals surface area contributed by atoms with Gasteiger partial charge in [-0.3, -0.25) is 4.79 Å². The van der Waals surface area contributed by atoms with Crippen LogP contribution in [-0.4, -0.2) is 31.1 Å². The van der Waals surface area contributed by atoms with Gasteiger partial charge < -0.3 is 14.4 Å². The molecular formula is C18H18ClNO3. The van der Waals surface area contributed by atoms with Gasteiger partial charge in [-0.05, 0) is 23.3 Å². The molecule has 0 spiro atoms. The van der Waals surface area contributed by atoms with Crippen molar-refractivity contribution in [2.24, 2.45) is 0 Å². The fraction of sp³-hybridized carbons (Fsp3) is 0.278. The smallest absolute Gasteiger partial charge is 0.227 e. The minimum atomic E-state index is 0.0293. The summed E-state index contributed by atoms with van der Waals surface area (Å²) in [6.07, 6.45) is 0.277. The predicted octanol–water partition coefficient (Wildman–Crippen LogP) is 3.31. The number of carbonyl (C=O) groups is 1. The first-order valence-electron chi connectivity index (χ1n) is 7.49. The molecule has 3 rings (SSSR count). The van der Waals surface area contributed by atoms with Gasteiger partial charge in [0.2, 0.25) is 5.91 Å². The van der Waals surface area contributed by atoms with E-state index in [-0.39, 0.29) is 12.3 Å². The Kier molecular flexibility index (Phi) is 4.72. The highest BCUT2D eigenvalue weighted by molar-refractivity contribution is 6.32. The summed E-state index contributed by atoms with van der Waals surface area (Å²) < 4.78 is 11.0. The number of amides is 1. The minimum absolute atomic E-state index is 0.0293. The summed E-state index contributed by atoms with van der Waals surface area (Å²) >= 11 is 6.21. The van der Waals surface area contributed by atoms with E-state index in [1.165, 1.54) is 0 Å². The van der Waals surface area contributed by atoms with Gasteiger partial charge in [0.15, 0.2) is 11.5 Å². The Balaban J connectivity index is 1.69. The van der Waals surface area contributed by atoms with Crippen molar-refractivity contribution < 1.29 is 14.3 Å². The molecule has 0 saturated heterocycles.